The maximum absolute atomic E-state index is 13.1. The maximum Gasteiger partial charge on any atom is 0.265 e. The van der Waals surface area contributed by atoms with Gasteiger partial charge in [-0.15, -0.1) is 0 Å². The highest BCUT2D eigenvalue weighted by Crippen LogP contribution is 2.23. The van der Waals surface area contributed by atoms with Gasteiger partial charge < -0.3 is 10.1 Å². The average Bonchev–Trinajstić information content (AvgIpc) is 2.44. The fourth-order valence-electron chi connectivity index (χ4n) is 1.99. The molecule has 1 atom stereocenters. The van der Waals surface area contributed by atoms with E-state index >= 15 is 0 Å². The van der Waals surface area contributed by atoms with Crippen LogP contribution in [0.5, 0.6) is 5.75 Å². The van der Waals surface area contributed by atoms with E-state index in [1.54, 1.807) is 32.0 Å². The van der Waals surface area contributed by atoms with Crippen LogP contribution in [-0.4, -0.2) is 12.0 Å². The fraction of sp³-hybridized carbons (Fsp3) is 0.235. The van der Waals surface area contributed by atoms with Gasteiger partial charge in [-0.05, 0) is 68.3 Å². The molecule has 116 valence electrons. The van der Waals surface area contributed by atoms with Crippen LogP contribution in [-0.2, 0) is 4.79 Å². The molecular weight excluding hydrogens is 305 g/mol. The third-order valence-corrected chi connectivity index (χ3v) is 3.49. The van der Waals surface area contributed by atoms with Gasteiger partial charge in [0, 0.05) is 10.7 Å². The minimum atomic E-state index is -0.690. The first-order valence-corrected chi connectivity index (χ1v) is 7.24. The van der Waals surface area contributed by atoms with E-state index in [1.165, 1.54) is 18.2 Å². The Morgan fingerprint density at radius 2 is 1.91 bits per heavy atom. The molecule has 1 amide bonds. The minimum Gasteiger partial charge on any atom is -0.481 e. The third kappa shape index (κ3) is 3.98. The largest absolute Gasteiger partial charge is 0.481 e. The first-order valence-electron chi connectivity index (χ1n) is 6.86. The summed E-state index contributed by atoms with van der Waals surface area (Å²) in [5.74, 6) is -0.0384. The Morgan fingerprint density at radius 1 is 1.18 bits per heavy atom. The first-order chi connectivity index (χ1) is 10.4. The molecule has 0 aromatic heterocycles. The highest BCUT2D eigenvalue weighted by atomic mass is 35.5. The Labute approximate surface area is 134 Å². The van der Waals surface area contributed by atoms with Crippen molar-refractivity contribution in [3.8, 4) is 5.75 Å². The van der Waals surface area contributed by atoms with Crippen LogP contribution in [0.4, 0.5) is 10.1 Å². The van der Waals surface area contributed by atoms with Crippen molar-refractivity contribution in [1.29, 1.82) is 0 Å². The number of benzene rings is 2. The summed E-state index contributed by atoms with van der Waals surface area (Å²) in [4.78, 5) is 12.2. The Morgan fingerprint density at radius 3 is 2.55 bits per heavy atom. The van der Waals surface area contributed by atoms with Gasteiger partial charge in [0.2, 0.25) is 0 Å². The number of nitrogens with one attached hydrogen (secondary N) is 1. The van der Waals surface area contributed by atoms with Crippen molar-refractivity contribution in [3.63, 3.8) is 0 Å². The van der Waals surface area contributed by atoms with Gasteiger partial charge in [0.25, 0.3) is 5.91 Å². The molecule has 1 N–H and O–H groups in total. The van der Waals surface area contributed by atoms with Gasteiger partial charge in [-0.1, -0.05) is 11.6 Å². The highest BCUT2D eigenvalue weighted by molar-refractivity contribution is 6.30. The zero-order valence-electron chi connectivity index (χ0n) is 12.6. The summed E-state index contributed by atoms with van der Waals surface area (Å²) < 4.78 is 18.7. The summed E-state index contributed by atoms with van der Waals surface area (Å²) in [5.41, 5.74) is 2.07. The summed E-state index contributed by atoms with van der Waals surface area (Å²) >= 11 is 5.89. The molecule has 22 heavy (non-hydrogen) atoms. The lowest BCUT2D eigenvalue weighted by atomic mass is 10.2. The van der Waals surface area contributed by atoms with Gasteiger partial charge >= 0.3 is 0 Å². The van der Waals surface area contributed by atoms with E-state index in [0.717, 1.165) is 5.56 Å². The van der Waals surface area contributed by atoms with Gasteiger partial charge in [0.15, 0.2) is 6.10 Å². The number of amides is 1. The van der Waals surface area contributed by atoms with Crippen LogP contribution in [0.2, 0.25) is 5.02 Å². The van der Waals surface area contributed by atoms with Crippen molar-refractivity contribution in [2.45, 2.75) is 26.9 Å². The number of carbonyl (C=O) groups is 1. The van der Waals surface area contributed by atoms with Crippen molar-refractivity contribution < 1.29 is 13.9 Å². The number of halogens is 2. The van der Waals surface area contributed by atoms with Gasteiger partial charge in [-0.2, -0.15) is 0 Å². The summed E-state index contributed by atoms with van der Waals surface area (Å²) in [5, 5.41) is 3.35. The van der Waals surface area contributed by atoms with Crippen LogP contribution >= 0.6 is 11.6 Å². The number of hydrogen-bond donors (Lipinski definition) is 1. The highest BCUT2D eigenvalue weighted by Gasteiger charge is 2.16. The molecule has 0 saturated heterocycles. The van der Waals surface area contributed by atoms with Crippen molar-refractivity contribution in [2.75, 3.05) is 5.32 Å². The molecule has 0 bridgehead atoms. The molecule has 2 rings (SSSR count). The summed E-state index contributed by atoms with van der Waals surface area (Å²) in [6, 6.07) is 9.40. The number of aryl methyl sites for hydroxylation is 2. The topological polar surface area (TPSA) is 38.3 Å². The lowest BCUT2D eigenvalue weighted by molar-refractivity contribution is -0.122. The predicted molar refractivity (Wildman–Crippen MR) is 86.0 cm³/mol. The second kappa shape index (κ2) is 6.79. The smallest absolute Gasteiger partial charge is 0.265 e. The molecule has 0 heterocycles. The molecule has 2 aromatic rings. The number of anilines is 1. The average molecular weight is 322 g/mol. The Balaban J connectivity index is 2.05. The van der Waals surface area contributed by atoms with Crippen molar-refractivity contribution in [3.05, 3.63) is 58.4 Å². The van der Waals surface area contributed by atoms with Gasteiger partial charge in [0.05, 0.1) is 0 Å². The molecule has 2 aromatic carbocycles. The molecule has 3 nitrogen and oxygen atoms in total. The van der Waals surface area contributed by atoms with E-state index in [-0.39, 0.29) is 11.7 Å². The van der Waals surface area contributed by atoms with E-state index in [9.17, 15) is 9.18 Å². The molecule has 0 aliphatic heterocycles. The lowest BCUT2D eigenvalue weighted by Gasteiger charge is -2.17. The van der Waals surface area contributed by atoms with E-state index in [1.807, 2.05) is 6.92 Å². The molecule has 0 aliphatic rings. The fourth-order valence-corrected chi connectivity index (χ4v) is 2.22. The number of carbonyl (C=O) groups excluding carboxylic acids is 1. The van der Waals surface area contributed by atoms with E-state index in [4.69, 9.17) is 16.3 Å². The van der Waals surface area contributed by atoms with Gasteiger partial charge in [0.1, 0.15) is 11.6 Å². The maximum atomic E-state index is 13.1. The van der Waals surface area contributed by atoms with E-state index in [0.29, 0.717) is 22.0 Å². The van der Waals surface area contributed by atoms with Crippen molar-refractivity contribution in [2.24, 2.45) is 0 Å². The number of ether oxygens (including phenoxy) is 1. The summed E-state index contributed by atoms with van der Waals surface area (Å²) in [6.45, 7) is 5.24. The lowest BCUT2D eigenvalue weighted by Crippen LogP contribution is -2.30. The minimum absolute atomic E-state index is 0.302. The molecule has 0 aliphatic carbocycles. The molecule has 0 unspecified atom stereocenters. The molecule has 0 saturated carbocycles. The van der Waals surface area contributed by atoms with Gasteiger partial charge in [-0.3, -0.25) is 4.79 Å². The summed E-state index contributed by atoms with van der Waals surface area (Å²) in [6.07, 6.45) is -0.690. The predicted octanol–water partition coefficient (Wildman–Crippen LogP) is 4.50. The normalized spacial score (nSPS) is 11.9. The first kappa shape index (κ1) is 16.3. The van der Waals surface area contributed by atoms with Crippen LogP contribution in [0.3, 0.4) is 0 Å². The number of hydrogen-bond acceptors (Lipinski definition) is 2. The van der Waals surface area contributed by atoms with Crippen LogP contribution in [0.1, 0.15) is 18.1 Å². The van der Waals surface area contributed by atoms with E-state index < -0.39 is 6.10 Å². The Hall–Kier alpha value is -2.07. The second-order valence-corrected chi connectivity index (χ2v) is 5.55. The summed E-state index contributed by atoms with van der Waals surface area (Å²) in [7, 11) is 0. The van der Waals surface area contributed by atoms with Crippen molar-refractivity contribution >= 4 is 23.2 Å². The second-order valence-electron chi connectivity index (χ2n) is 5.12. The zero-order chi connectivity index (χ0) is 16.3. The van der Waals surface area contributed by atoms with E-state index in [2.05, 4.69) is 5.32 Å². The monoisotopic (exact) mass is 321 g/mol. The van der Waals surface area contributed by atoms with Gasteiger partial charge in [-0.25, -0.2) is 4.39 Å². The molecule has 5 heteroatoms. The molecular formula is C17H17ClFNO2. The van der Waals surface area contributed by atoms with Crippen LogP contribution < -0.4 is 10.1 Å². The van der Waals surface area contributed by atoms with Crippen LogP contribution in [0.25, 0.3) is 0 Å². The number of rotatable bonds is 4. The zero-order valence-corrected chi connectivity index (χ0v) is 13.4. The van der Waals surface area contributed by atoms with Crippen molar-refractivity contribution in [1.82, 2.24) is 0 Å². The SMILES string of the molecule is Cc1cc(F)ccc1NC(=O)[C@@H](C)Oc1ccc(Cl)cc1C. The molecule has 0 fully saturated rings. The quantitative estimate of drug-likeness (QED) is 0.900. The van der Waals surface area contributed by atoms with Crippen LogP contribution in [0.15, 0.2) is 36.4 Å². The molecule has 0 radical (unpaired) electrons. The Bertz CT molecular complexity index is 703. The standard InChI is InChI=1S/C17H17ClFNO2/c1-10-9-14(19)5-6-15(10)20-17(21)12(3)22-16-7-4-13(18)8-11(16)2/h4-9,12H,1-3H3,(H,20,21)/t12-/m1/s1. The Kier molecular flexibility index (Phi) is 5.03. The third-order valence-electron chi connectivity index (χ3n) is 3.26. The molecule has 0 spiro atoms. The van der Waals surface area contributed by atoms with Crippen LogP contribution in [0, 0.1) is 19.7 Å².